The Morgan fingerprint density at radius 2 is 2.07 bits per heavy atom. The lowest BCUT2D eigenvalue weighted by Gasteiger charge is -2.53. The second-order valence-electron chi connectivity index (χ2n) is 5.25. The van der Waals surface area contributed by atoms with Gasteiger partial charge in [-0.15, -0.1) is 0 Å². The molecule has 2 N–H and O–H groups in total. The van der Waals surface area contributed by atoms with Crippen LogP contribution in [0, 0.1) is 5.41 Å². The van der Waals surface area contributed by atoms with Gasteiger partial charge in [0.2, 0.25) is 0 Å². The molecule has 0 aliphatic heterocycles. The van der Waals surface area contributed by atoms with Crippen LogP contribution in [0.25, 0.3) is 0 Å². The molecule has 0 saturated heterocycles. The topological polar surface area (TPSA) is 41.5 Å². The van der Waals surface area contributed by atoms with Gasteiger partial charge in [-0.05, 0) is 27.2 Å². The van der Waals surface area contributed by atoms with E-state index >= 15 is 0 Å². The van der Waals surface area contributed by atoms with E-state index in [1.807, 2.05) is 20.8 Å². The van der Waals surface area contributed by atoms with E-state index in [2.05, 4.69) is 19.2 Å². The maximum absolute atomic E-state index is 9.44. The molecule has 0 bridgehead atoms. The molecule has 4 unspecified atom stereocenters. The Bertz CT molecular complexity index is 204. The normalized spacial score (nSPS) is 33.2. The third-order valence-corrected chi connectivity index (χ3v) is 3.73. The second kappa shape index (κ2) is 4.81. The van der Waals surface area contributed by atoms with E-state index in [-0.39, 0.29) is 17.6 Å². The summed E-state index contributed by atoms with van der Waals surface area (Å²) in [4.78, 5) is 0. The smallest absolute Gasteiger partial charge is 0.0662 e. The summed E-state index contributed by atoms with van der Waals surface area (Å²) in [6, 6.07) is 0.607. The molecule has 1 aliphatic rings. The molecular formula is C12H25NO2. The number of hydrogen-bond donors (Lipinski definition) is 2. The van der Waals surface area contributed by atoms with Crippen LogP contribution in [0.15, 0.2) is 0 Å². The Labute approximate surface area is 93.2 Å². The number of aliphatic hydroxyl groups excluding tert-OH is 1. The minimum absolute atomic E-state index is 0.150. The third kappa shape index (κ3) is 2.71. The van der Waals surface area contributed by atoms with Crippen LogP contribution in [-0.2, 0) is 4.74 Å². The molecule has 0 heterocycles. The van der Waals surface area contributed by atoms with Gasteiger partial charge >= 0.3 is 0 Å². The van der Waals surface area contributed by atoms with Crippen molar-refractivity contribution in [1.29, 1.82) is 0 Å². The average Bonchev–Trinajstić information content (AvgIpc) is 2.16. The Morgan fingerprint density at radius 3 is 2.47 bits per heavy atom. The van der Waals surface area contributed by atoms with Crippen molar-refractivity contribution in [2.24, 2.45) is 5.41 Å². The molecule has 90 valence electrons. The van der Waals surface area contributed by atoms with Gasteiger partial charge in [0, 0.05) is 24.1 Å². The summed E-state index contributed by atoms with van der Waals surface area (Å²) in [6.07, 6.45) is 1.12. The summed E-state index contributed by atoms with van der Waals surface area (Å²) in [5, 5.41) is 12.9. The second-order valence-corrected chi connectivity index (χ2v) is 5.25. The predicted molar refractivity (Wildman–Crippen MR) is 61.9 cm³/mol. The summed E-state index contributed by atoms with van der Waals surface area (Å²) in [5.74, 6) is 0. The Hall–Kier alpha value is -0.120. The minimum Gasteiger partial charge on any atom is -0.392 e. The number of aliphatic hydroxyl groups is 1. The van der Waals surface area contributed by atoms with Crippen LogP contribution in [0.3, 0.4) is 0 Å². The quantitative estimate of drug-likeness (QED) is 0.731. The van der Waals surface area contributed by atoms with Crippen molar-refractivity contribution in [3.05, 3.63) is 0 Å². The van der Waals surface area contributed by atoms with Gasteiger partial charge in [-0.3, -0.25) is 0 Å². The number of hydrogen-bond acceptors (Lipinski definition) is 3. The van der Waals surface area contributed by atoms with Crippen molar-refractivity contribution in [3.8, 4) is 0 Å². The summed E-state index contributed by atoms with van der Waals surface area (Å²) < 4.78 is 5.66. The first-order valence-electron chi connectivity index (χ1n) is 5.95. The van der Waals surface area contributed by atoms with Crippen LogP contribution < -0.4 is 5.32 Å². The highest BCUT2D eigenvalue weighted by Gasteiger charge is 2.49. The first kappa shape index (κ1) is 12.9. The van der Waals surface area contributed by atoms with Crippen molar-refractivity contribution >= 4 is 0 Å². The lowest BCUT2D eigenvalue weighted by atomic mass is 9.64. The first-order chi connectivity index (χ1) is 6.89. The fraction of sp³-hybridized carbons (Fsp3) is 1.00. The van der Waals surface area contributed by atoms with E-state index in [9.17, 15) is 5.11 Å². The highest BCUT2D eigenvalue weighted by Crippen LogP contribution is 2.42. The summed E-state index contributed by atoms with van der Waals surface area (Å²) in [7, 11) is 0. The maximum Gasteiger partial charge on any atom is 0.0662 e. The van der Waals surface area contributed by atoms with Gasteiger partial charge in [0.1, 0.15) is 0 Å². The van der Waals surface area contributed by atoms with Crippen LogP contribution in [0.1, 0.15) is 41.0 Å². The molecule has 4 atom stereocenters. The Balaban J connectivity index is 2.41. The van der Waals surface area contributed by atoms with Crippen molar-refractivity contribution in [3.63, 3.8) is 0 Å². The molecule has 0 aromatic rings. The highest BCUT2D eigenvalue weighted by molar-refractivity contribution is 5.03. The number of rotatable bonds is 5. The zero-order valence-corrected chi connectivity index (χ0v) is 10.6. The predicted octanol–water partition coefficient (Wildman–Crippen LogP) is 1.55. The van der Waals surface area contributed by atoms with E-state index < -0.39 is 0 Å². The van der Waals surface area contributed by atoms with E-state index in [0.717, 1.165) is 13.0 Å². The lowest BCUT2D eigenvalue weighted by molar-refractivity contribution is -0.118. The monoisotopic (exact) mass is 215 g/mol. The van der Waals surface area contributed by atoms with E-state index in [1.54, 1.807) is 0 Å². The van der Waals surface area contributed by atoms with Gasteiger partial charge < -0.3 is 15.2 Å². The molecule has 1 aliphatic carbocycles. The largest absolute Gasteiger partial charge is 0.392 e. The summed E-state index contributed by atoms with van der Waals surface area (Å²) in [5.41, 5.74) is 0.180. The molecule has 1 fully saturated rings. The molecule has 1 saturated carbocycles. The van der Waals surface area contributed by atoms with E-state index in [4.69, 9.17) is 4.74 Å². The van der Waals surface area contributed by atoms with Crippen molar-refractivity contribution in [2.45, 2.75) is 65.3 Å². The van der Waals surface area contributed by atoms with Crippen LogP contribution in [0.5, 0.6) is 0 Å². The van der Waals surface area contributed by atoms with Crippen molar-refractivity contribution in [2.75, 3.05) is 6.61 Å². The Kier molecular flexibility index (Phi) is 4.15. The fourth-order valence-electron chi connectivity index (χ4n) is 2.11. The molecule has 3 heteroatoms. The molecule has 3 nitrogen and oxygen atoms in total. The summed E-state index contributed by atoms with van der Waals surface area (Å²) in [6.45, 7) is 11.1. The van der Waals surface area contributed by atoms with Crippen LogP contribution in [0.2, 0.25) is 0 Å². The minimum atomic E-state index is -0.299. The molecule has 0 aromatic heterocycles. The molecule has 0 amide bonds. The van der Waals surface area contributed by atoms with Crippen molar-refractivity contribution < 1.29 is 9.84 Å². The Morgan fingerprint density at radius 1 is 1.47 bits per heavy atom. The highest BCUT2D eigenvalue weighted by atomic mass is 16.5. The van der Waals surface area contributed by atoms with Gasteiger partial charge in [0.25, 0.3) is 0 Å². The third-order valence-electron chi connectivity index (χ3n) is 3.73. The van der Waals surface area contributed by atoms with Crippen LogP contribution in [-0.4, -0.2) is 36.0 Å². The first-order valence-corrected chi connectivity index (χ1v) is 5.95. The lowest BCUT2D eigenvalue weighted by Crippen LogP contribution is -2.63. The average molecular weight is 215 g/mol. The van der Waals surface area contributed by atoms with Gasteiger partial charge in [0.15, 0.2) is 0 Å². The van der Waals surface area contributed by atoms with E-state index in [0.29, 0.717) is 12.1 Å². The molecule has 15 heavy (non-hydrogen) atoms. The SMILES string of the molecule is CCOC1CC(NC(C)C(C)O)C1(C)C. The zero-order chi connectivity index (χ0) is 11.6. The number of nitrogens with one attached hydrogen (secondary N) is 1. The van der Waals surface area contributed by atoms with Gasteiger partial charge in [-0.25, -0.2) is 0 Å². The zero-order valence-electron chi connectivity index (χ0n) is 10.6. The van der Waals surface area contributed by atoms with Gasteiger partial charge in [0.05, 0.1) is 12.2 Å². The molecule has 0 aromatic carbocycles. The van der Waals surface area contributed by atoms with Gasteiger partial charge in [-0.2, -0.15) is 0 Å². The molecule has 1 rings (SSSR count). The standard InChI is InChI=1S/C12H25NO2/c1-6-15-11-7-10(12(11,4)5)13-8(2)9(3)14/h8-11,13-14H,6-7H2,1-5H3. The number of ether oxygens (including phenoxy) is 1. The van der Waals surface area contributed by atoms with Crippen LogP contribution in [0.4, 0.5) is 0 Å². The van der Waals surface area contributed by atoms with E-state index in [1.165, 1.54) is 0 Å². The molecular weight excluding hydrogens is 190 g/mol. The maximum atomic E-state index is 9.44. The molecule has 0 spiro atoms. The van der Waals surface area contributed by atoms with Gasteiger partial charge in [-0.1, -0.05) is 13.8 Å². The molecule has 0 radical (unpaired) electrons. The van der Waals surface area contributed by atoms with Crippen molar-refractivity contribution in [1.82, 2.24) is 5.32 Å². The fourth-order valence-corrected chi connectivity index (χ4v) is 2.11. The summed E-state index contributed by atoms with van der Waals surface area (Å²) >= 11 is 0. The van der Waals surface area contributed by atoms with Crippen LogP contribution >= 0.6 is 0 Å².